The highest BCUT2D eigenvalue weighted by Crippen LogP contribution is 2.34. The summed E-state index contributed by atoms with van der Waals surface area (Å²) in [6.07, 6.45) is 1.45. The SMILES string of the molecule is COc1ccccc1Nc1ncnc2onc(-c3ccc(C)cc3)c12. The third-order valence-corrected chi connectivity index (χ3v) is 3.96. The highest BCUT2D eigenvalue weighted by molar-refractivity contribution is 5.98. The first-order chi connectivity index (χ1) is 12.3. The summed E-state index contributed by atoms with van der Waals surface area (Å²) in [6.45, 7) is 2.04. The van der Waals surface area contributed by atoms with Gasteiger partial charge in [-0.15, -0.1) is 0 Å². The maximum atomic E-state index is 5.40. The second kappa shape index (κ2) is 6.24. The topological polar surface area (TPSA) is 73.1 Å². The van der Waals surface area contributed by atoms with E-state index in [2.05, 4.69) is 20.4 Å². The minimum atomic E-state index is 0.433. The fraction of sp³-hybridized carbons (Fsp3) is 0.105. The molecule has 124 valence electrons. The van der Waals surface area contributed by atoms with Crippen molar-refractivity contribution < 1.29 is 9.26 Å². The van der Waals surface area contributed by atoms with E-state index >= 15 is 0 Å². The van der Waals surface area contributed by atoms with Crippen molar-refractivity contribution in [2.75, 3.05) is 12.4 Å². The summed E-state index contributed by atoms with van der Waals surface area (Å²) >= 11 is 0. The number of anilines is 2. The summed E-state index contributed by atoms with van der Waals surface area (Å²) in [6, 6.07) is 15.7. The first-order valence-corrected chi connectivity index (χ1v) is 7.84. The van der Waals surface area contributed by atoms with Crippen LogP contribution in [-0.4, -0.2) is 22.2 Å². The van der Waals surface area contributed by atoms with Gasteiger partial charge in [-0.05, 0) is 19.1 Å². The van der Waals surface area contributed by atoms with Crippen molar-refractivity contribution in [3.63, 3.8) is 0 Å². The number of ether oxygens (including phenoxy) is 1. The smallest absolute Gasteiger partial charge is 0.263 e. The zero-order valence-electron chi connectivity index (χ0n) is 13.9. The predicted molar refractivity (Wildman–Crippen MR) is 96.0 cm³/mol. The van der Waals surface area contributed by atoms with Gasteiger partial charge in [0.2, 0.25) is 0 Å². The Balaban J connectivity index is 1.84. The van der Waals surface area contributed by atoms with Gasteiger partial charge in [0.05, 0.1) is 12.8 Å². The van der Waals surface area contributed by atoms with Crippen molar-refractivity contribution in [3.8, 4) is 17.0 Å². The van der Waals surface area contributed by atoms with E-state index in [1.54, 1.807) is 7.11 Å². The number of rotatable bonds is 4. The van der Waals surface area contributed by atoms with Crippen LogP contribution in [-0.2, 0) is 0 Å². The molecule has 0 atom stereocenters. The Morgan fingerprint density at radius 1 is 1.00 bits per heavy atom. The molecule has 2 aromatic heterocycles. The van der Waals surface area contributed by atoms with Crippen LogP contribution in [0.5, 0.6) is 5.75 Å². The maximum absolute atomic E-state index is 5.40. The zero-order chi connectivity index (χ0) is 17.2. The van der Waals surface area contributed by atoms with E-state index in [0.29, 0.717) is 17.2 Å². The van der Waals surface area contributed by atoms with Crippen LogP contribution in [0, 0.1) is 6.92 Å². The van der Waals surface area contributed by atoms with Crippen LogP contribution in [0.3, 0.4) is 0 Å². The monoisotopic (exact) mass is 332 g/mol. The van der Waals surface area contributed by atoms with Gasteiger partial charge in [0.15, 0.2) is 0 Å². The lowest BCUT2D eigenvalue weighted by atomic mass is 10.1. The normalized spacial score (nSPS) is 10.8. The number of aromatic nitrogens is 3. The molecule has 0 spiro atoms. The number of aryl methyl sites for hydroxylation is 1. The van der Waals surface area contributed by atoms with Crippen molar-refractivity contribution >= 4 is 22.6 Å². The van der Waals surface area contributed by atoms with Crippen LogP contribution in [0.15, 0.2) is 59.4 Å². The number of nitrogens with zero attached hydrogens (tertiary/aromatic N) is 3. The molecule has 0 saturated carbocycles. The molecule has 0 bridgehead atoms. The van der Waals surface area contributed by atoms with Gasteiger partial charge in [-0.25, -0.2) is 4.98 Å². The standard InChI is InChI=1S/C19H16N4O2/c1-12-7-9-13(10-8-12)17-16-18(20-11-21-19(16)25-23-17)22-14-5-3-4-6-15(14)24-2/h3-11H,1-2H3,(H,20,21,22). The average Bonchev–Trinajstić information content (AvgIpc) is 3.08. The van der Waals surface area contributed by atoms with Crippen LogP contribution in [0.1, 0.15) is 5.56 Å². The van der Waals surface area contributed by atoms with E-state index in [1.807, 2.05) is 55.5 Å². The van der Waals surface area contributed by atoms with Crippen LogP contribution in [0.2, 0.25) is 0 Å². The van der Waals surface area contributed by atoms with Crippen molar-refractivity contribution in [3.05, 3.63) is 60.4 Å². The van der Waals surface area contributed by atoms with E-state index in [1.165, 1.54) is 11.9 Å². The lowest BCUT2D eigenvalue weighted by molar-refractivity contribution is 0.417. The Kier molecular flexibility index (Phi) is 3.78. The molecule has 2 aromatic carbocycles. The Morgan fingerprint density at radius 2 is 1.80 bits per heavy atom. The lowest BCUT2D eigenvalue weighted by Crippen LogP contribution is -1.98. The molecule has 0 saturated heterocycles. The molecule has 0 aliphatic rings. The Bertz CT molecular complexity index is 1030. The fourth-order valence-electron chi connectivity index (χ4n) is 2.67. The van der Waals surface area contributed by atoms with Crippen LogP contribution in [0.25, 0.3) is 22.4 Å². The summed E-state index contributed by atoms with van der Waals surface area (Å²) in [4.78, 5) is 8.55. The van der Waals surface area contributed by atoms with E-state index < -0.39 is 0 Å². The zero-order valence-corrected chi connectivity index (χ0v) is 13.9. The minimum absolute atomic E-state index is 0.433. The van der Waals surface area contributed by atoms with Gasteiger partial charge in [0.25, 0.3) is 5.71 Å². The van der Waals surface area contributed by atoms with Gasteiger partial charge >= 0.3 is 0 Å². The molecule has 0 amide bonds. The summed E-state index contributed by atoms with van der Waals surface area (Å²) in [5.41, 5.74) is 4.07. The Labute approximate surface area is 144 Å². The van der Waals surface area contributed by atoms with Crippen LogP contribution >= 0.6 is 0 Å². The number of benzene rings is 2. The second-order valence-corrected chi connectivity index (χ2v) is 5.62. The number of fused-ring (bicyclic) bond motifs is 1. The van der Waals surface area contributed by atoms with Gasteiger partial charge < -0.3 is 14.6 Å². The van der Waals surface area contributed by atoms with Gasteiger partial charge in [-0.2, -0.15) is 4.98 Å². The van der Waals surface area contributed by atoms with Gasteiger partial charge in [0.1, 0.15) is 29.0 Å². The fourth-order valence-corrected chi connectivity index (χ4v) is 2.67. The van der Waals surface area contributed by atoms with E-state index in [-0.39, 0.29) is 0 Å². The summed E-state index contributed by atoms with van der Waals surface area (Å²) in [7, 11) is 1.63. The van der Waals surface area contributed by atoms with Crippen molar-refractivity contribution in [1.29, 1.82) is 0 Å². The second-order valence-electron chi connectivity index (χ2n) is 5.62. The number of hydrogen-bond acceptors (Lipinski definition) is 6. The Morgan fingerprint density at radius 3 is 2.60 bits per heavy atom. The molecule has 0 unspecified atom stereocenters. The molecule has 6 nitrogen and oxygen atoms in total. The number of hydrogen-bond donors (Lipinski definition) is 1. The third kappa shape index (κ3) is 2.78. The minimum Gasteiger partial charge on any atom is -0.495 e. The molecule has 4 aromatic rings. The number of methoxy groups -OCH3 is 1. The van der Waals surface area contributed by atoms with Crippen LogP contribution < -0.4 is 10.1 Å². The summed E-state index contributed by atoms with van der Waals surface area (Å²) in [5, 5.41) is 8.22. The van der Waals surface area contributed by atoms with Crippen molar-refractivity contribution in [2.45, 2.75) is 6.92 Å². The van der Waals surface area contributed by atoms with E-state index in [0.717, 1.165) is 22.4 Å². The highest BCUT2D eigenvalue weighted by atomic mass is 16.5. The molecule has 2 heterocycles. The number of para-hydroxylation sites is 2. The molecular formula is C19H16N4O2. The summed E-state index contributed by atoms with van der Waals surface area (Å²) in [5.74, 6) is 1.34. The quantitative estimate of drug-likeness (QED) is 0.599. The van der Waals surface area contributed by atoms with Crippen molar-refractivity contribution in [1.82, 2.24) is 15.1 Å². The molecule has 0 aliphatic heterocycles. The molecule has 6 heteroatoms. The average molecular weight is 332 g/mol. The lowest BCUT2D eigenvalue weighted by Gasteiger charge is -2.10. The van der Waals surface area contributed by atoms with Gasteiger partial charge in [-0.1, -0.05) is 47.1 Å². The van der Waals surface area contributed by atoms with Gasteiger partial charge in [-0.3, -0.25) is 0 Å². The van der Waals surface area contributed by atoms with Gasteiger partial charge in [0, 0.05) is 5.56 Å². The largest absolute Gasteiger partial charge is 0.495 e. The highest BCUT2D eigenvalue weighted by Gasteiger charge is 2.17. The molecule has 25 heavy (non-hydrogen) atoms. The molecule has 0 fully saturated rings. The molecule has 0 aliphatic carbocycles. The molecule has 4 rings (SSSR count). The predicted octanol–water partition coefficient (Wildman–Crippen LogP) is 4.35. The number of nitrogens with one attached hydrogen (secondary N) is 1. The third-order valence-electron chi connectivity index (χ3n) is 3.96. The summed E-state index contributed by atoms with van der Waals surface area (Å²) < 4.78 is 10.8. The van der Waals surface area contributed by atoms with E-state index in [4.69, 9.17) is 9.26 Å². The molecule has 0 radical (unpaired) electrons. The van der Waals surface area contributed by atoms with Crippen LogP contribution in [0.4, 0.5) is 11.5 Å². The first kappa shape index (κ1) is 15.1. The molecular weight excluding hydrogens is 316 g/mol. The first-order valence-electron chi connectivity index (χ1n) is 7.84. The maximum Gasteiger partial charge on any atom is 0.263 e. The van der Waals surface area contributed by atoms with Crippen molar-refractivity contribution in [2.24, 2.45) is 0 Å². The van der Waals surface area contributed by atoms with E-state index in [9.17, 15) is 0 Å². The molecule has 1 N–H and O–H groups in total. The Hall–Kier alpha value is -3.41.